The third kappa shape index (κ3) is 1.40. The summed E-state index contributed by atoms with van der Waals surface area (Å²) in [4.78, 5) is 0. The molecule has 0 heterocycles. The van der Waals surface area contributed by atoms with Crippen molar-refractivity contribution in [3.8, 4) is 0 Å². The Labute approximate surface area is 99.2 Å². The molecular weight excluding hydrogens is 194 g/mol. The Bertz CT molecular complexity index is 264. The lowest BCUT2D eigenvalue weighted by molar-refractivity contribution is -0.0470. The molecule has 5 saturated carbocycles. The summed E-state index contributed by atoms with van der Waals surface area (Å²) in [6.07, 6.45) is 12.3. The van der Waals surface area contributed by atoms with Gasteiger partial charge >= 0.3 is 0 Å². The smallest absolute Gasteiger partial charge is 0.00204 e. The lowest BCUT2D eigenvalue weighted by Crippen LogP contribution is -2.46. The van der Waals surface area contributed by atoms with Gasteiger partial charge in [-0.05, 0) is 92.9 Å². The van der Waals surface area contributed by atoms with Crippen molar-refractivity contribution in [3.05, 3.63) is 0 Å². The van der Waals surface area contributed by atoms with E-state index in [1.807, 2.05) is 0 Å². The van der Waals surface area contributed by atoms with Gasteiger partial charge in [0.15, 0.2) is 0 Å². The lowest BCUT2D eigenvalue weighted by Gasteiger charge is -2.55. The van der Waals surface area contributed by atoms with E-state index in [2.05, 4.69) is 0 Å². The molecule has 5 aliphatic carbocycles. The molecule has 2 N–H and O–H groups in total. The van der Waals surface area contributed by atoms with Crippen LogP contribution in [0.5, 0.6) is 0 Å². The van der Waals surface area contributed by atoms with E-state index in [0.29, 0.717) is 5.41 Å². The van der Waals surface area contributed by atoms with Crippen LogP contribution in [0.15, 0.2) is 0 Å². The Balaban J connectivity index is 1.52. The minimum absolute atomic E-state index is 0.625. The minimum atomic E-state index is 0.625. The van der Waals surface area contributed by atoms with E-state index < -0.39 is 0 Å². The summed E-state index contributed by atoms with van der Waals surface area (Å²) < 4.78 is 0. The Kier molecular flexibility index (Phi) is 2.02. The van der Waals surface area contributed by atoms with Gasteiger partial charge < -0.3 is 5.73 Å². The number of hydrogen-bond acceptors (Lipinski definition) is 1. The highest BCUT2D eigenvalue weighted by Gasteiger charge is 2.52. The van der Waals surface area contributed by atoms with Gasteiger partial charge in [-0.2, -0.15) is 0 Å². The first-order valence-electron chi connectivity index (χ1n) is 7.48. The second-order valence-corrected chi connectivity index (χ2v) is 7.50. The van der Waals surface area contributed by atoms with Gasteiger partial charge in [0, 0.05) is 0 Å². The maximum absolute atomic E-state index is 5.97. The van der Waals surface area contributed by atoms with Crippen LogP contribution in [0.4, 0.5) is 0 Å². The molecule has 5 fully saturated rings. The first-order valence-corrected chi connectivity index (χ1v) is 7.48. The zero-order valence-electron chi connectivity index (χ0n) is 10.3. The van der Waals surface area contributed by atoms with Gasteiger partial charge in [0.25, 0.3) is 0 Å². The van der Waals surface area contributed by atoms with Crippen molar-refractivity contribution in [2.24, 2.45) is 40.7 Å². The predicted octanol–water partition coefficient (Wildman–Crippen LogP) is 3.19. The summed E-state index contributed by atoms with van der Waals surface area (Å²) in [7, 11) is 0. The van der Waals surface area contributed by atoms with Crippen LogP contribution in [-0.2, 0) is 0 Å². The van der Waals surface area contributed by atoms with Gasteiger partial charge in [0.1, 0.15) is 0 Å². The largest absolute Gasteiger partial charge is 0.330 e. The topological polar surface area (TPSA) is 26.0 Å². The van der Waals surface area contributed by atoms with Crippen LogP contribution < -0.4 is 5.73 Å². The van der Waals surface area contributed by atoms with Crippen molar-refractivity contribution < 1.29 is 0 Å². The Morgan fingerprint density at radius 3 is 1.88 bits per heavy atom. The Morgan fingerprint density at radius 2 is 1.44 bits per heavy atom. The summed E-state index contributed by atoms with van der Waals surface area (Å²) in [6.45, 7) is 0.968. The SMILES string of the molecule is NCC1(CC2C3CC4CC(C3)CC2C4)CC1. The quantitative estimate of drug-likeness (QED) is 0.775. The number of hydrogen-bond donors (Lipinski definition) is 1. The Morgan fingerprint density at radius 1 is 0.875 bits per heavy atom. The van der Waals surface area contributed by atoms with Crippen LogP contribution in [0.2, 0.25) is 0 Å². The van der Waals surface area contributed by atoms with Crippen molar-refractivity contribution in [2.75, 3.05) is 6.54 Å². The van der Waals surface area contributed by atoms with Crippen LogP contribution in [0, 0.1) is 35.0 Å². The molecule has 0 unspecified atom stereocenters. The molecular formula is C15H25N. The van der Waals surface area contributed by atoms with Crippen molar-refractivity contribution in [1.82, 2.24) is 0 Å². The second-order valence-electron chi connectivity index (χ2n) is 7.50. The van der Waals surface area contributed by atoms with Crippen molar-refractivity contribution in [2.45, 2.75) is 51.4 Å². The maximum Gasteiger partial charge on any atom is -0.00204 e. The van der Waals surface area contributed by atoms with E-state index in [4.69, 9.17) is 5.73 Å². The molecule has 5 rings (SSSR count). The van der Waals surface area contributed by atoms with Crippen LogP contribution in [-0.4, -0.2) is 6.54 Å². The van der Waals surface area contributed by atoms with Crippen molar-refractivity contribution in [3.63, 3.8) is 0 Å². The lowest BCUT2D eigenvalue weighted by atomic mass is 9.50. The van der Waals surface area contributed by atoms with Gasteiger partial charge in [0.2, 0.25) is 0 Å². The summed E-state index contributed by atoms with van der Waals surface area (Å²) in [5, 5.41) is 0. The van der Waals surface area contributed by atoms with Crippen molar-refractivity contribution in [1.29, 1.82) is 0 Å². The first kappa shape index (κ1) is 9.94. The third-order valence-electron chi connectivity index (χ3n) is 6.48. The standard InChI is InChI=1S/C15H25N/c16-9-15(1-2-15)8-14-12-4-10-3-11(6-12)7-13(14)5-10/h10-14H,1-9,16H2. The van der Waals surface area contributed by atoms with E-state index in [0.717, 1.165) is 36.1 Å². The highest BCUT2D eigenvalue weighted by Crippen LogP contribution is 2.61. The fraction of sp³-hybridized carbons (Fsp3) is 1.00. The molecule has 0 aliphatic heterocycles. The molecule has 1 nitrogen and oxygen atoms in total. The summed E-state index contributed by atoms with van der Waals surface area (Å²) >= 11 is 0. The number of nitrogens with two attached hydrogens (primary N) is 1. The maximum atomic E-state index is 5.97. The van der Waals surface area contributed by atoms with Crippen LogP contribution in [0.1, 0.15) is 51.4 Å². The van der Waals surface area contributed by atoms with E-state index in [1.165, 1.54) is 19.3 Å². The van der Waals surface area contributed by atoms with E-state index >= 15 is 0 Å². The fourth-order valence-corrected chi connectivity index (χ4v) is 5.54. The normalized spacial score (nSPS) is 51.9. The summed E-state index contributed by atoms with van der Waals surface area (Å²) in [6, 6.07) is 0. The monoisotopic (exact) mass is 219 g/mol. The average molecular weight is 219 g/mol. The molecule has 90 valence electrons. The van der Waals surface area contributed by atoms with Gasteiger partial charge in [-0.25, -0.2) is 0 Å². The van der Waals surface area contributed by atoms with E-state index in [1.54, 1.807) is 32.1 Å². The van der Waals surface area contributed by atoms with Gasteiger partial charge in [-0.1, -0.05) is 0 Å². The summed E-state index contributed by atoms with van der Waals surface area (Å²) in [5.41, 5.74) is 6.60. The summed E-state index contributed by atoms with van der Waals surface area (Å²) in [5.74, 6) is 5.57. The fourth-order valence-electron chi connectivity index (χ4n) is 5.54. The second kappa shape index (κ2) is 3.25. The molecule has 1 heteroatoms. The zero-order valence-corrected chi connectivity index (χ0v) is 10.3. The third-order valence-corrected chi connectivity index (χ3v) is 6.48. The molecule has 0 aromatic carbocycles. The minimum Gasteiger partial charge on any atom is -0.330 e. The molecule has 16 heavy (non-hydrogen) atoms. The molecule has 0 aromatic rings. The average Bonchev–Trinajstić information content (AvgIpc) is 3.03. The highest BCUT2D eigenvalue weighted by molar-refractivity contribution is 5.03. The van der Waals surface area contributed by atoms with Gasteiger partial charge in [-0.3, -0.25) is 0 Å². The predicted molar refractivity (Wildman–Crippen MR) is 65.9 cm³/mol. The zero-order chi connectivity index (χ0) is 10.8. The van der Waals surface area contributed by atoms with Gasteiger partial charge in [0.05, 0.1) is 0 Å². The van der Waals surface area contributed by atoms with E-state index in [9.17, 15) is 0 Å². The van der Waals surface area contributed by atoms with Crippen LogP contribution in [0.25, 0.3) is 0 Å². The van der Waals surface area contributed by atoms with Gasteiger partial charge in [-0.15, -0.1) is 0 Å². The number of rotatable bonds is 3. The van der Waals surface area contributed by atoms with Crippen molar-refractivity contribution >= 4 is 0 Å². The molecule has 0 aromatic heterocycles. The molecule has 0 spiro atoms. The molecule has 0 radical (unpaired) electrons. The first-order chi connectivity index (χ1) is 7.78. The molecule has 0 atom stereocenters. The molecule has 0 amide bonds. The van der Waals surface area contributed by atoms with Crippen LogP contribution >= 0.6 is 0 Å². The Hall–Kier alpha value is -0.0400. The molecule has 4 bridgehead atoms. The molecule has 5 aliphatic rings. The molecule has 0 saturated heterocycles. The highest BCUT2D eigenvalue weighted by atomic mass is 14.7. The van der Waals surface area contributed by atoms with Crippen LogP contribution in [0.3, 0.4) is 0 Å². The van der Waals surface area contributed by atoms with E-state index in [-0.39, 0.29) is 0 Å².